The first-order valence-electron chi connectivity index (χ1n) is 3.74. The van der Waals surface area contributed by atoms with Crippen LogP contribution in [0.4, 0.5) is 0 Å². The standard InChI is InChI=1S/C7H5ClN4OS/c8-3-6-11-12-7(14-6)4-1-2-5(13)10-9-4/h1-2H,3H2,(H,10,13). The summed E-state index contributed by atoms with van der Waals surface area (Å²) in [6.45, 7) is 0. The monoisotopic (exact) mass is 228 g/mol. The van der Waals surface area contributed by atoms with Gasteiger partial charge in [-0.15, -0.1) is 21.8 Å². The highest BCUT2D eigenvalue weighted by Gasteiger charge is 2.06. The van der Waals surface area contributed by atoms with E-state index in [1.165, 1.54) is 17.4 Å². The van der Waals surface area contributed by atoms with Gasteiger partial charge in [0.15, 0.2) is 5.01 Å². The highest BCUT2D eigenvalue weighted by atomic mass is 35.5. The summed E-state index contributed by atoms with van der Waals surface area (Å²) in [4.78, 5) is 10.7. The van der Waals surface area contributed by atoms with E-state index in [0.717, 1.165) is 5.01 Å². The summed E-state index contributed by atoms with van der Waals surface area (Å²) in [7, 11) is 0. The minimum Gasteiger partial charge on any atom is -0.268 e. The van der Waals surface area contributed by atoms with E-state index in [2.05, 4.69) is 20.4 Å². The molecule has 72 valence electrons. The van der Waals surface area contributed by atoms with Gasteiger partial charge in [0.25, 0.3) is 5.56 Å². The predicted molar refractivity (Wildman–Crippen MR) is 53.3 cm³/mol. The highest BCUT2D eigenvalue weighted by Crippen LogP contribution is 2.20. The maximum Gasteiger partial charge on any atom is 0.264 e. The van der Waals surface area contributed by atoms with E-state index in [-0.39, 0.29) is 5.56 Å². The Morgan fingerprint density at radius 3 is 2.86 bits per heavy atom. The number of H-pyrrole nitrogens is 1. The molecule has 0 spiro atoms. The van der Waals surface area contributed by atoms with E-state index < -0.39 is 0 Å². The normalized spacial score (nSPS) is 10.4. The molecular formula is C7H5ClN4OS. The minimum absolute atomic E-state index is 0.240. The number of nitrogens with one attached hydrogen (secondary N) is 1. The van der Waals surface area contributed by atoms with E-state index in [4.69, 9.17) is 11.6 Å². The molecule has 2 aromatic rings. The summed E-state index contributed by atoms with van der Waals surface area (Å²) < 4.78 is 0. The summed E-state index contributed by atoms with van der Waals surface area (Å²) in [6, 6.07) is 2.99. The molecule has 0 bridgehead atoms. The number of nitrogens with zero attached hydrogens (tertiary/aromatic N) is 3. The lowest BCUT2D eigenvalue weighted by Crippen LogP contribution is -2.05. The predicted octanol–water partition coefficient (Wildman–Crippen LogP) is 1.03. The van der Waals surface area contributed by atoms with Gasteiger partial charge in [0.2, 0.25) is 0 Å². The Balaban J connectivity index is 2.39. The summed E-state index contributed by atoms with van der Waals surface area (Å²) >= 11 is 6.94. The molecule has 7 heteroatoms. The van der Waals surface area contributed by atoms with Crippen LogP contribution in [0.1, 0.15) is 5.01 Å². The molecule has 2 aromatic heterocycles. The van der Waals surface area contributed by atoms with Crippen molar-refractivity contribution in [2.75, 3.05) is 0 Å². The van der Waals surface area contributed by atoms with Crippen molar-refractivity contribution in [2.24, 2.45) is 0 Å². The first kappa shape index (κ1) is 9.29. The van der Waals surface area contributed by atoms with Gasteiger partial charge in [0.1, 0.15) is 10.7 Å². The number of hydrogen-bond acceptors (Lipinski definition) is 5. The van der Waals surface area contributed by atoms with Crippen molar-refractivity contribution in [3.63, 3.8) is 0 Å². The number of halogens is 1. The minimum atomic E-state index is -0.240. The van der Waals surface area contributed by atoms with Crippen LogP contribution in [0.3, 0.4) is 0 Å². The summed E-state index contributed by atoms with van der Waals surface area (Å²) in [5, 5.41) is 15.3. The van der Waals surface area contributed by atoms with E-state index in [9.17, 15) is 4.79 Å². The Labute approximate surface area is 87.8 Å². The number of alkyl halides is 1. The van der Waals surface area contributed by atoms with Crippen LogP contribution in [0.15, 0.2) is 16.9 Å². The average Bonchev–Trinajstić information content (AvgIpc) is 2.67. The van der Waals surface area contributed by atoms with Gasteiger partial charge >= 0.3 is 0 Å². The van der Waals surface area contributed by atoms with Gasteiger partial charge in [0, 0.05) is 6.07 Å². The molecule has 1 N–H and O–H groups in total. The molecule has 0 unspecified atom stereocenters. The van der Waals surface area contributed by atoms with Gasteiger partial charge in [-0.05, 0) is 6.07 Å². The molecule has 5 nitrogen and oxygen atoms in total. The zero-order valence-corrected chi connectivity index (χ0v) is 8.47. The average molecular weight is 229 g/mol. The van der Waals surface area contributed by atoms with E-state index in [1.54, 1.807) is 6.07 Å². The summed E-state index contributed by atoms with van der Waals surface area (Å²) in [5.74, 6) is 0.334. The molecule has 0 atom stereocenters. The Hall–Kier alpha value is -1.27. The molecule has 2 heterocycles. The molecule has 0 aromatic carbocycles. The van der Waals surface area contributed by atoms with Crippen molar-refractivity contribution in [2.45, 2.75) is 5.88 Å². The van der Waals surface area contributed by atoms with E-state index >= 15 is 0 Å². The van der Waals surface area contributed by atoms with Crippen LogP contribution in [0.5, 0.6) is 0 Å². The Morgan fingerprint density at radius 2 is 2.29 bits per heavy atom. The fraction of sp³-hybridized carbons (Fsp3) is 0.143. The second-order valence-electron chi connectivity index (χ2n) is 2.44. The van der Waals surface area contributed by atoms with Crippen LogP contribution in [-0.4, -0.2) is 20.4 Å². The van der Waals surface area contributed by atoms with Gasteiger partial charge in [-0.2, -0.15) is 5.10 Å². The quantitative estimate of drug-likeness (QED) is 0.780. The molecule has 0 radical (unpaired) electrons. The molecule has 2 rings (SSSR count). The molecule has 0 saturated carbocycles. The summed E-state index contributed by atoms with van der Waals surface area (Å²) in [5.41, 5.74) is 0.356. The Morgan fingerprint density at radius 1 is 1.43 bits per heavy atom. The van der Waals surface area contributed by atoms with Crippen LogP contribution >= 0.6 is 22.9 Å². The lowest BCUT2D eigenvalue weighted by Gasteiger charge is -1.89. The third-order valence-electron chi connectivity index (χ3n) is 1.48. The Bertz CT molecular complexity index is 474. The van der Waals surface area contributed by atoms with Gasteiger partial charge in [-0.25, -0.2) is 5.10 Å². The van der Waals surface area contributed by atoms with Gasteiger partial charge in [0.05, 0.1) is 5.88 Å². The van der Waals surface area contributed by atoms with E-state index in [0.29, 0.717) is 16.6 Å². The first-order chi connectivity index (χ1) is 6.79. The number of hydrogen-bond donors (Lipinski definition) is 1. The van der Waals surface area contributed by atoms with Crippen molar-refractivity contribution >= 4 is 22.9 Å². The largest absolute Gasteiger partial charge is 0.268 e. The highest BCUT2D eigenvalue weighted by molar-refractivity contribution is 7.14. The maximum atomic E-state index is 10.7. The van der Waals surface area contributed by atoms with Crippen molar-refractivity contribution in [3.8, 4) is 10.7 Å². The van der Waals surface area contributed by atoms with Crippen LogP contribution in [0, 0.1) is 0 Å². The zero-order valence-electron chi connectivity index (χ0n) is 6.90. The lowest BCUT2D eigenvalue weighted by atomic mass is 10.4. The van der Waals surface area contributed by atoms with E-state index in [1.807, 2.05) is 0 Å². The van der Waals surface area contributed by atoms with Crippen molar-refractivity contribution in [3.05, 3.63) is 27.5 Å². The number of aromatic amines is 1. The third kappa shape index (κ3) is 1.80. The van der Waals surface area contributed by atoms with Gasteiger partial charge < -0.3 is 0 Å². The molecule has 0 aliphatic carbocycles. The fourth-order valence-corrected chi connectivity index (χ4v) is 1.75. The van der Waals surface area contributed by atoms with Crippen molar-refractivity contribution in [1.29, 1.82) is 0 Å². The third-order valence-corrected chi connectivity index (χ3v) is 2.84. The smallest absolute Gasteiger partial charge is 0.264 e. The second kappa shape index (κ2) is 3.85. The van der Waals surface area contributed by atoms with Gasteiger partial charge in [-0.3, -0.25) is 4.79 Å². The van der Waals surface area contributed by atoms with Crippen LogP contribution < -0.4 is 5.56 Å². The summed E-state index contributed by atoms with van der Waals surface area (Å²) in [6.07, 6.45) is 0. The molecule has 14 heavy (non-hydrogen) atoms. The topological polar surface area (TPSA) is 71.5 Å². The number of rotatable bonds is 2. The fourth-order valence-electron chi connectivity index (χ4n) is 0.875. The van der Waals surface area contributed by atoms with Crippen LogP contribution in [0.2, 0.25) is 0 Å². The first-order valence-corrected chi connectivity index (χ1v) is 5.09. The molecule has 0 saturated heterocycles. The van der Waals surface area contributed by atoms with Crippen molar-refractivity contribution < 1.29 is 0 Å². The SMILES string of the molecule is O=c1ccc(-c2nnc(CCl)s2)n[nH]1. The van der Waals surface area contributed by atoms with Gasteiger partial charge in [-0.1, -0.05) is 11.3 Å². The number of aromatic nitrogens is 4. The maximum absolute atomic E-state index is 10.7. The molecular weight excluding hydrogens is 224 g/mol. The molecule has 0 aliphatic heterocycles. The second-order valence-corrected chi connectivity index (χ2v) is 3.77. The molecule has 0 fully saturated rings. The molecule has 0 aliphatic rings. The molecule has 0 amide bonds. The van der Waals surface area contributed by atoms with Crippen molar-refractivity contribution in [1.82, 2.24) is 20.4 Å². The Kier molecular flexibility index (Phi) is 2.55. The van der Waals surface area contributed by atoms with Crippen LogP contribution in [-0.2, 0) is 5.88 Å². The lowest BCUT2D eigenvalue weighted by molar-refractivity contribution is 0.977. The van der Waals surface area contributed by atoms with Crippen LogP contribution in [0.25, 0.3) is 10.7 Å². The zero-order chi connectivity index (χ0) is 9.97.